The van der Waals surface area contributed by atoms with Crippen LogP contribution < -0.4 is 5.32 Å². The molecule has 2 aromatic carbocycles. The van der Waals surface area contributed by atoms with Gasteiger partial charge in [0.25, 0.3) is 5.91 Å². The van der Waals surface area contributed by atoms with E-state index in [0.29, 0.717) is 30.5 Å². The monoisotopic (exact) mass is 442 g/mol. The second-order valence-corrected chi connectivity index (χ2v) is 9.01. The predicted octanol–water partition coefficient (Wildman–Crippen LogP) is 3.35. The van der Waals surface area contributed by atoms with Gasteiger partial charge in [-0.05, 0) is 54.5 Å². The number of fused-ring (bicyclic) bond motifs is 1. The summed E-state index contributed by atoms with van der Waals surface area (Å²) in [5.41, 5.74) is 5.30. The van der Waals surface area contributed by atoms with Crippen LogP contribution in [0.4, 0.5) is 0 Å². The molecule has 1 saturated heterocycles. The first kappa shape index (κ1) is 20.1. The van der Waals surface area contributed by atoms with E-state index in [1.165, 1.54) is 29.4 Å². The number of carbonyl (C=O) groups excluding carboxylic acids is 1. The molecule has 1 atom stereocenters. The van der Waals surface area contributed by atoms with Crippen molar-refractivity contribution in [2.45, 2.75) is 37.6 Å². The number of aryl methyl sites for hydroxylation is 1. The molecule has 1 aliphatic carbocycles. The largest absolute Gasteiger partial charge is 0.379 e. The highest BCUT2D eigenvalue weighted by Gasteiger charge is 2.29. The highest BCUT2D eigenvalue weighted by atomic mass is 16.5. The Morgan fingerprint density at radius 3 is 2.79 bits per heavy atom. The molecule has 8 heteroatoms. The van der Waals surface area contributed by atoms with Crippen LogP contribution in [0.5, 0.6) is 0 Å². The van der Waals surface area contributed by atoms with Crippen LogP contribution in [0.1, 0.15) is 52.5 Å². The van der Waals surface area contributed by atoms with Gasteiger partial charge in [0.15, 0.2) is 5.82 Å². The third kappa shape index (κ3) is 3.91. The number of nitrogens with zero attached hydrogens (tertiary/aromatic N) is 4. The van der Waals surface area contributed by atoms with Gasteiger partial charge in [-0.15, -0.1) is 0 Å². The number of hydrogen-bond donors (Lipinski definition) is 2. The summed E-state index contributed by atoms with van der Waals surface area (Å²) >= 11 is 0. The van der Waals surface area contributed by atoms with Gasteiger partial charge < -0.3 is 10.1 Å². The quantitative estimate of drug-likeness (QED) is 0.477. The van der Waals surface area contributed by atoms with Gasteiger partial charge in [-0.1, -0.05) is 18.2 Å². The minimum absolute atomic E-state index is 0.0750. The third-order valence-corrected chi connectivity index (χ3v) is 6.61. The van der Waals surface area contributed by atoms with E-state index in [1.807, 2.05) is 42.2 Å². The van der Waals surface area contributed by atoms with Crippen LogP contribution in [0.3, 0.4) is 0 Å². The van der Waals surface area contributed by atoms with Crippen molar-refractivity contribution in [3.05, 3.63) is 65.1 Å². The zero-order valence-corrected chi connectivity index (χ0v) is 18.5. The molecule has 2 N–H and O–H groups in total. The molecule has 6 rings (SSSR count). The SMILES string of the molecule is Cn1nc(-c2ccc(C(=O)NC3CCOC3)cc2)nc1Cc1ccc2[nH]ncc2c1C1CC1. The average molecular weight is 443 g/mol. The molecular weight excluding hydrogens is 416 g/mol. The second-order valence-electron chi connectivity index (χ2n) is 9.01. The lowest BCUT2D eigenvalue weighted by molar-refractivity contribution is 0.0930. The molecule has 3 heterocycles. The van der Waals surface area contributed by atoms with Gasteiger partial charge in [0, 0.05) is 36.6 Å². The lowest BCUT2D eigenvalue weighted by Crippen LogP contribution is -2.34. The molecule has 1 saturated carbocycles. The fraction of sp³-hybridized carbons (Fsp3) is 0.360. The Morgan fingerprint density at radius 1 is 1.18 bits per heavy atom. The third-order valence-electron chi connectivity index (χ3n) is 6.61. The van der Waals surface area contributed by atoms with Gasteiger partial charge in [0.2, 0.25) is 0 Å². The van der Waals surface area contributed by atoms with E-state index in [1.54, 1.807) is 0 Å². The number of carbonyl (C=O) groups is 1. The van der Waals surface area contributed by atoms with E-state index >= 15 is 0 Å². The van der Waals surface area contributed by atoms with Gasteiger partial charge in [-0.2, -0.15) is 10.2 Å². The average Bonchev–Trinajstić information content (AvgIpc) is 3.18. The number of amides is 1. The van der Waals surface area contributed by atoms with Gasteiger partial charge >= 0.3 is 0 Å². The van der Waals surface area contributed by atoms with E-state index < -0.39 is 0 Å². The lowest BCUT2D eigenvalue weighted by atomic mass is 9.97. The molecule has 2 fully saturated rings. The molecule has 1 amide bonds. The molecule has 0 bridgehead atoms. The molecule has 0 spiro atoms. The number of ether oxygens (including phenoxy) is 1. The normalized spacial score (nSPS) is 18.2. The maximum absolute atomic E-state index is 12.5. The molecule has 0 radical (unpaired) electrons. The molecule has 2 aliphatic rings. The van der Waals surface area contributed by atoms with E-state index in [0.717, 1.165) is 29.7 Å². The maximum atomic E-state index is 12.5. The number of rotatable bonds is 6. The Bertz CT molecular complexity index is 1310. The Morgan fingerprint density at radius 2 is 2.03 bits per heavy atom. The van der Waals surface area contributed by atoms with Gasteiger partial charge in [0.05, 0.1) is 24.4 Å². The van der Waals surface area contributed by atoms with Crippen molar-refractivity contribution in [1.29, 1.82) is 0 Å². The van der Waals surface area contributed by atoms with Crippen LogP contribution in [0.25, 0.3) is 22.3 Å². The topological polar surface area (TPSA) is 97.7 Å². The summed E-state index contributed by atoms with van der Waals surface area (Å²) < 4.78 is 7.18. The zero-order chi connectivity index (χ0) is 22.4. The number of aromatic amines is 1. The molecule has 2 aromatic heterocycles. The van der Waals surface area contributed by atoms with Gasteiger partial charge in [-0.25, -0.2) is 4.98 Å². The summed E-state index contributed by atoms with van der Waals surface area (Å²) in [6.45, 7) is 1.29. The van der Waals surface area contributed by atoms with Crippen molar-refractivity contribution in [2.24, 2.45) is 7.05 Å². The van der Waals surface area contributed by atoms with Crippen LogP contribution in [0.15, 0.2) is 42.6 Å². The van der Waals surface area contributed by atoms with Crippen LogP contribution in [0, 0.1) is 0 Å². The van der Waals surface area contributed by atoms with Crippen molar-refractivity contribution in [1.82, 2.24) is 30.3 Å². The summed E-state index contributed by atoms with van der Waals surface area (Å²) in [5.74, 6) is 2.12. The Hall–Kier alpha value is -3.52. The Balaban J connectivity index is 1.23. The number of aromatic nitrogens is 5. The fourth-order valence-electron chi connectivity index (χ4n) is 4.64. The number of benzene rings is 2. The van der Waals surface area contributed by atoms with Crippen LogP contribution in [-0.4, -0.2) is 50.1 Å². The van der Waals surface area contributed by atoms with Crippen molar-refractivity contribution < 1.29 is 9.53 Å². The summed E-state index contributed by atoms with van der Waals surface area (Å²) in [4.78, 5) is 17.3. The second kappa shape index (κ2) is 8.12. The number of nitrogens with one attached hydrogen (secondary N) is 2. The van der Waals surface area contributed by atoms with Crippen molar-refractivity contribution in [3.63, 3.8) is 0 Å². The molecule has 168 valence electrons. The molecule has 4 aromatic rings. The zero-order valence-electron chi connectivity index (χ0n) is 18.5. The van der Waals surface area contributed by atoms with E-state index in [4.69, 9.17) is 9.72 Å². The predicted molar refractivity (Wildman–Crippen MR) is 124 cm³/mol. The summed E-state index contributed by atoms with van der Waals surface area (Å²) in [6.07, 6.45) is 5.98. The summed E-state index contributed by atoms with van der Waals surface area (Å²) in [6, 6.07) is 11.9. The summed E-state index contributed by atoms with van der Waals surface area (Å²) in [7, 11) is 1.94. The Kier molecular flexibility index (Phi) is 4.95. The van der Waals surface area contributed by atoms with Gasteiger partial charge in [0.1, 0.15) is 5.82 Å². The first-order valence-electron chi connectivity index (χ1n) is 11.5. The molecule has 33 heavy (non-hydrogen) atoms. The minimum atomic E-state index is -0.0750. The van der Waals surface area contributed by atoms with Crippen molar-refractivity contribution >= 4 is 16.8 Å². The highest BCUT2D eigenvalue weighted by Crippen LogP contribution is 2.45. The smallest absolute Gasteiger partial charge is 0.251 e. The standard InChI is InChI=1S/C25H26N6O2/c1-31-22(12-18-8-9-21-20(13-26-29-21)23(18)15-2-3-15)28-24(30-31)16-4-6-17(7-5-16)25(32)27-19-10-11-33-14-19/h4-9,13,15,19H,2-3,10-12,14H2,1H3,(H,26,29)(H,27,32). The lowest BCUT2D eigenvalue weighted by Gasteiger charge is -2.10. The molecule has 8 nitrogen and oxygen atoms in total. The molecule has 1 unspecified atom stereocenters. The van der Waals surface area contributed by atoms with Crippen LogP contribution in [-0.2, 0) is 18.2 Å². The van der Waals surface area contributed by atoms with Crippen LogP contribution >= 0.6 is 0 Å². The van der Waals surface area contributed by atoms with E-state index in [9.17, 15) is 4.79 Å². The first-order chi connectivity index (χ1) is 16.2. The van der Waals surface area contributed by atoms with Crippen molar-refractivity contribution in [3.8, 4) is 11.4 Å². The number of hydrogen-bond acceptors (Lipinski definition) is 5. The van der Waals surface area contributed by atoms with Gasteiger partial charge in [-0.3, -0.25) is 14.6 Å². The molecular formula is C25H26N6O2. The summed E-state index contributed by atoms with van der Waals surface area (Å²) in [5, 5.41) is 16.2. The fourth-order valence-corrected chi connectivity index (χ4v) is 4.64. The molecule has 1 aliphatic heterocycles. The minimum Gasteiger partial charge on any atom is -0.379 e. The van der Waals surface area contributed by atoms with Crippen LogP contribution in [0.2, 0.25) is 0 Å². The highest BCUT2D eigenvalue weighted by molar-refractivity contribution is 5.94. The van der Waals surface area contributed by atoms with E-state index in [-0.39, 0.29) is 11.9 Å². The maximum Gasteiger partial charge on any atom is 0.251 e. The Labute approximate surface area is 191 Å². The first-order valence-corrected chi connectivity index (χ1v) is 11.5. The van der Waals surface area contributed by atoms with Crippen molar-refractivity contribution in [2.75, 3.05) is 13.2 Å². The van der Waals surface area contributed by atoms with E-state index in [2.05, 4.69) is 32.7 Å². The number of H-pyrrole nitrogens is 1.